The summed E-state index contributed by atoms with van der Waals surface area (Å²) in [6.45, 7) is 2.06. The van der Waals surface area contributed by atoms with Crippen LogP contribution in [0.5, 0.6) is 5.75 Å². The molecule has 0 spiro atoms. The van der Waals surface area contributed by atoms with E-state index in [0.29, 0.717) is 17.0 Å². The number of aromatic nitrogens is 1. The van der Waals surface area contributed by atoms with Crippen LogP contribution in [-0.2, 0) is 0 Å². The minimum absolute atomic E-state index is 0.0875. The van der Waals surface area contributed by atoms with E-state index in [0.717, 1.165) is 28.5 Å². The fourth-order valence-corrected chi connectivity index (χ4v) is 3.75. The van der Waals surface area contributed by atoms with Crippen LogP contribution in [0.25, 0.3) is 22.2 Å². The van der Waals surface area contributed by atoms with Crippen molar-refractivity contribution in [1.82, 2.24) is 10.3 Å². The van der Waals surface area contributed by atoms with Crippen molar-refractivity contribution in [2.75, 3.05) is 7.11 Å². The lowest BCUT2D eigenvalue weighted by molar-refractivity contribution is 0.0934. The fourth-order valence-electron chi connectivity index (χ4n) is 3.75. The lowest BCUT2D eigenvalue weighted by atomic mass is 10.00. The van der Waals surface area contributed by atoms with Gasteiger partial charge in [0, 0.05) is 10.9 Å². The Hall–Kier alpha value is -3.66. The maximum atomic E-state index is 13.5. The summed E-state index contributed by atoms with van der Waals surface area (Å²) in [6, 6.07) is 27.4. The number of nitrogens with one attached hydrogen (secondary N) is 1. The molecule has 0 radical (unpaired) electrons. The van der Waals surface area contributed by atoms with E-state index in [2.05, 4.69) is 12.2 Å². The van der Waals surface area contributed by atoms with Crippen molar-refractivity contribution in [3.63, 3.8) is 0 Å². The van der Waals surface area contributed by atoms with E-state index in [1.165, 1.54) is 0 Å². The highest BCUT2D eigenvalue weighted by atomic mass is 16.5. The number of rotatable bonds is 6. The topological polar surface area (TPSA) is 51.2 Å². The van der Waals surface area contributed by atoms with Crippen molar-refractivity contribution in [1.29, 1.82) is 0 Å². The molecule has 1 unspecified atom stereocenters. The molecule has 0 aliphatic heterocycles. The largest absolute Gasteiger partial charge is 0.494 e. The second kappa shape index (κ2) is 8.78. The van der Waals surface area contributed by atoms with Crippen molar-refractivity contribution in [2.45, 2.75) is 19.4 Å². The summed E-state index contributed by atoms with van der Waals surface area (Å²) >= 11 is 0. The number of benzene rings is 3. The molecule has 30 heavy (non-hydrogen) atoms. The molecular formula is C26H24N2O2. The summed E-state index contributed by atoms with van der Waals surface area (Å²) in [5, 5.41) is 3.97. The molecule has 3 aromatic carbocycles. The van der Waals surface area contributed by atoms with Gasteiger partial charge in [0.15, 0.2) is 5.75 Å². The number of carbonyl (C=O) groups is 1. The number of hydrogen-bond donors (Lipinski definition) is 1. The molecule has 4 nitrogen and oxygen atoms in total. The van der Waals surface area contributed by atoms with E-state index in [1.54, 1.807) is 7.11 Å². The van der Waals surface area contributed by atoms with Gasteiger partial charge in [0.2, 0.25) is 0 Å². The molecule has 1 N–H and O–H groups in total. The van der Waals surface area contributed by atoms with Crippen molar-refractivity contribution >= 4 is 16.8 Å². The zero-order valence-electron chi connectivity index (χ0n) is 17.1. The van der Waals surface area contributed by atoms with E-state index in [1.807, 2.05) is 84.9 Å². The summed E-state index contributed by atoms with van der Waals surface area (Å²) in [4.78, 5) is 18.4. The van der Waals surface area contributed by atoms with Gasteiger partial charge < -0.3 is 10.1 Å². The SMILES string of the molecule is CCC(NC(=O)c1c(OC)c(-c2ccccc2)nc2ccccc12)c1ccccc1. The summed E-state index contributed by atoms with van der Waals surface area (Å²) in [7, 11) is 1.59. The number of para-hydroxylation sites is 1. The molecule has 1 heterocycles. The Labute approximate surface area is 176 Å². The highest BCUT2D eigenvalue weighted by Crippen LogP contribution is 2.36. The Morgan fingerprint density at radius 1 is 0.933 bits per heavy atom. The second-order valence-corrected chi connectivity index (χ2v) is 7.10. The predicted molar refractivity (Wildman–Crippen MR) is 121 cm³/mol. The van der Waals surface area contributed by atoms with Crippen LogP contribution in [-0.4, -0.2) is 18.0 Å². The maximum absolute atomic E-state index is 13.5. The number of nitrogens with zero attached hydrogens (tertiary/aromatic N) is 1. The first kappa shape index (κ1) is 19.6. The van der Waals surface area contributed by atoms with Crippen molar-refractivity contribution < 1.29 is 9.53 Å². The van der Waals surface area contributed by atoms with Gasteiger partial charge in [-0.25, -0.2) is 4.98 Å². The summed E-state index contributed by atoms with van der Waals surface area (Å²) < 4.78 is 5.76. The molecule has 0 aliphatic rings. The Kier molecular flexibility index (Phi) is 5.75. The molecule has 1 aromatic heterocycles. The Bertz CT molecular complexity index is 1160. The van der Waals surface area contributed by atoms with Crippen LogP contribution >= 0.6 is 0 Å². The third-order valence-corrected chi connectivity index (χ3v) is 5.24. The molecule has 4 heteroatoms. The number of amides is 1. The highest BCUT2D eigenvalue weighted by molar-refractivity contribution is 6.10. The van der Waals surface area contributed by atoms with Gasteiger partial charge in [0.05, 0.1) is 24.2 Å². The van der Waals surface area contributed by atoms with E-state index >= 15 is 0 Å². The van der Waals surface area contributed by atoms with Crippen LogP contribution in [0, 0.1) is 0 Å². The molecule has 0 fully saturated rings. The number of carbonyl (C=O) groups excluding carboxylic acids is 1. The number of fused-ring (bicyclic) bond motifs is 1. The lowest BCUT2D eigenvalue weighted by Gasteiger charge is -2.20. The van der Waals surface area contributed by atoms with Crippen LogP contribution in [0.15, 0.2) is 84.9 Å². The summed E-state index contributed by atoms with van der Waals surface area (Å²) in [5.74, 6) is 0.318. The van der Waals surface area contributed by atoms with Gasteiger partial charge in [-0.2, -0.15) is 0 Å². The molecule has 1 amide bonds. The maximum Gasteiger partial charge on any atom is 0.256 e. The molecule has 150 valence electrons. The van der Waals surface area contributed by atoms with Gasteiger partial charge in [-0.1, -0.05) is 85.8 Å². The normalized spacial score (nSPS) is 11.8. The molecule has 0 saturated heterocycles. The monoisotopic (exact) mass is 396 g/mol. The predicted octanol–water partition coefficient (Wildman–Crippen LogP) is 5.79. The first-order valence-corrected chi connectivity index (χ1v) is 10.1. The minimum Gasteiger partial charge on any atom is -0.494 e. The minimum atomic E-state index is -0.168. The van der Waals surface area contributed by atoms with Gasteiger partial charge >= 0.3 is 0 Å². The average molecular weight is 396 g/mol. The first-order chi connectivity index (χ1) is 14.7. The van der Waals surface area contributed by atoms with Crippen LogP contribution < -0.4 is 10.1 Å². The number of methoxy groups -OCH3 is 1. The fraction of sp³-hybridized carbons (Fsp3) is 0.154. The summed E-state index contributed by atoms with van der Waals surface area (Å²) in [6.07, 6.45) is 0.784. The second-order valence-electron chi connectivity index (χ2n) is 7.10. The number of pyridine rings is 1. The van der Waals surface area contributed by atoms with Crippen molar-refractivity contribution in [2.24, 2.45) is 0 Å². The Morgan fingerprint density at radius 3 is 2.23 bits per heavy atom. The molecular weight excluding hydrogens is 372 g/mol. The molecule has 4 rings (SSSR count). The van der Waals surface area contributed by atoms with Crippen LogP contribution in [0.1, 0.15) is 35.3 Å². The van der Waals surface area contributed by atoms with E-state index in [4.69, 9.17) is 9.72 Å². The molecule has 4 aromatic rings. The average Bonchev–Trinajstić information content (AvgIpc) is 2.82. The van der Waals surface area contributed by atoms with Gasteiger partial charge in [0.25, 0.3) is 5.91 Å². The Morgan fingerprint density at radius 2 is 1.57 bits per heavy atom. The molecule has 0 bridgehead atoms. The zero-order chi connectivity index (χ0) is 20.9. The standard InChI is InChI=1S/C26H24N2O2/c1-3-21(18-12-6-4-7-13-18)28-26(29)23-20-16-10-11-17-22(20)27-24(25(23)30-2)19-14-8-5-9-15-19/h4-17,21H,3H2,1-2H3,(H,28,29). The van der Waals surface area contributed by atoms with Crippen LogP contribution in [0.4, 0.5) is 0 Å². The smallest absolute Gasteiger partial charge is 0.256 e. The van der Waals surface area contributed by atoms with Gasteiger partial charge in [0.1, 0.15) is 5.69 Å². The molecule has 0 saturated carbocycles. The van der Waals surface area contributed by atoms with Crippen LogP contribution in [0.3, 0.4) is 0 Å². The van der Waals surface area contributed by atoms with Gasteiger partial charge in [-0.05, 0) is 18.1 Å². The first-order valence-electron chi connectivity index (χ1n) is 10.1. The van der Waals surface area contributed by atoms with E-state index in [-0.39, 0.29) is 11.9 Å². The van der Waals surface area contributed by atoms with Crippen LogP contribution in [0.2, 0.25) is 0 Å². The number of hydrogen-bond acceptors (Lipinski definition) is 3. The lowest BCUT2D eigenvalue weighted by Crippen LogP contribution is -2.29. The molecule has 0 aliphatic carbocycles. The number of ether oxygens (including phenoxy) is 1. The van der Waals surface area contributed by atoms with Crippen molar-refractivity contribution in [3.05, 3.63) is 96.1 Å². The third kappa shape index (κ3) is 3.77. The van der Waals surface area contributed by atoms with E-state index in [9.17, 15) is 4.79 Å². The van der Waals surface area contributed by atoms with Crippen molar-refractivity contribution in [3.8, 4) is 17.0 Å². The summed E-state index contributed by atoms with van der Waals surface area (Å²) in [5.41, 5.74) is 3.92. The zero-order valence-corrected chi connectivity index (χ0v) is 17.1. The van der Waals surface area contributed by atoms with Gasteiger partial charge in [-0.3, -0.25) is 4.79 Å². The quantitative estimate of drug-likeness (QED) is 0.449. The highest BCUT2D eigenvalue weighted by Gasteiger charge is 2.24. The van der Waals surface area contributed by atoms with E-state index < -0.39 is 0 Å². The molecule has 1 atom stereocenters. The Balaban J connectivity index is 1.85. The third-order valence-electron chi connectivity index (χ3n) is 5.24. The van der Waals surface area contributed by atoms with Gasteiger partial charge in [-0.15, -0.1) is 0 Å².